The SMILES string of the molecule is CC(C)[Si]1(C(C)C)OC[C@H]2C[C@@H](n3nnc4c(=O)[nH]cnc43)[C@H](OP(=S)(OCCC#N)OC[C@H]3C[C@@H](Oc4ccncn4)C[C@@H]3O[PH](=O)O)[C@@H]2O[Si](C(C)C)(C(C)C)O1. The fourth-order valence-corrected chi connectivity index (χ4v) is 22.7. The number of hydrogen-bond acceptors (Lipinski definition) is 17. The number of nitrogens with one attached hydrogen (secondary N) is 1. The topological polar surface area (TPSA) is 237 Å². The van der Waals surface area contributed by atoms with Crippen LogP contribution in [0.4, 0.5) is 0 Å². The van der Waals surface area contributed by atoms with Crippen LogP contribution in [-0.4, -0.2) is 101 Å². The van der Waals surface area contributed by atoms with Gasteiger partial charge in [0.05, 0.1) is 50.3 Å². The van der Waals surface area contributed by atoms with E-state index in [9.17, 15) is 19.5 Å². The van der Waals surface area contributed by atoms with E-state index in [1.54, 1.807) is 16.9 Å². The number of fused-ring (bicyclic) bond motifs is 2. The Morgan fingerprint density at radius 2 is 1.81 bits per heavy atom. The summed E-state index contributed by atoms with van der Waals surface area (Å²) in [7, 11) is -9.43. The molecule has 4 heterocycles. The van der Waals surface area contributed by atoms with Crippen molar-refractivity contribution < 1.29 is 45.3 Å². The van der Waals surface area contributed by atoms with Gasteiger partial charge in [0.25, 0.3) is 5.56 Å². The Labute approximate surface area is 351 Å². The molecule has 2 N–H and O–H groups in total. The van der Waals surface area contributed by atoms with Crippen molar-refractivity contribution in [3.05, 3.63) is 35.3 Å². The van der Waals surface area contributed by atoms with Crippen molar-refractivity contribution in [1.82, 2.24) is 34.9 Å². The molecule has 2 unspecified atom stereocenters. The summed E-state index contributed by atoms with van der Waals surface area (Å²) in [4.78, 5) is 37.7. The molecule has 2 saturated carbocycles. The molecule has 24 heteroatoms. The summed E-state index contributed by atoms with van der Waals surface area (Å²) in [6, 6.07) is 3.07. The first-order valence-electron chi connectivity index (χ1n) is 20.1. The largest absolute Gasteiger partial charge is 0.474 e. The highest BCUT2D eigenvalue weighted by Crippen LogP contribution is 2.58. The number of aromatic nitrogens is 7. The third-order valence-corrected chi connectivity index (χ3v) is 24.6. The van der Waals surface area contributed by atoms with Gasteiger partial charge in [0.1, 0.15) is 18.5 Å². The minimum absolute atomic E-state index is 0.00307. The van der Waals surface area contributed by atoms with Crippen LogP contribution in [0.25, 0.3) is 11.2 Å². The Kier molecular flexibility index (Phi) is 15.1. The molecule has 2 aliphatic carbocycles. The molecule has 326 valence electrons. The molecule has 59 heavy (non-hydrogen) atoms. The van der Waals surface area contributed by atoms with Gasteiger partial charge in [-0.15, -0.1) is 5.10 Å². The van der Waals surface area contributed by atoms with Gasteiger partial charge in [0.2, 0.25) is 5.88 Å². The lowest BCUT2D eigenvalue weighted by Gasteiger charge is -2.52. The number of rotatable bonds is 17. The first-order chi connectivity index (χ1) is 28.0. The zero-order valence-corrected chi connectivity index (χ0v) is 39.3. The van der Waals surface area contributed by atoms with E-state index in [0.717, 1.165) is 0 Å². The van der Waals surface area contributed by atoms with Crippen LogP contribution in [0, 0.1) is 23.2 Å². The standard InChI is InChI=1S/C35H56N8O11P2SSi2/c1-21(2)58(22(3)4)49-18-26-15-28(43-34-31(41-42-43)35(44)40-20-39-34)33(32(26)53-59(54-58,23(5)6)24(7)8)52-56(57,47-13-9-11-36)48-17-25-14-27(16-29(25)51-55(45)46)50-30-10-12-37-19-38-30/h10,12,19-29,32-33,55H,9,13-18H2,1-8H3,(H,45,46)(H,39,40,44)/t25-,26-,27-,28-,29+,32-,33+,56?/m1/s1. The number of H-pyrrole nitrogens is 1. The zero-order valence-electron chi connectivity index (χ0n) is 34.6. The van der Waals surface area contributed by atoms with E-state index in [1.807, 2.05) is 0 Å². The van der Waals surface area contributed by atoms with Gasteiger partial charge in [-0.1, -0.05) is 60.6 Å². The lowest BCUT2D eigenvalue weighted by atomic mass is 10.1. The Balaban J connectivity index is 1.39. The molecular formula is C35H56N8O11P2SSi2. The molecule has 0 bridgehead atoms. The number of nitriles is 1. The van der Waals surface area contributed by atoms with Crippen molar-refractivity contribution in [2.24, 2.45) is 11.8 Å². The molecule has 3 aromatic heterocycles. The summed E-state index contributed by atoms with van der Waals surface area (Å²) in [5.41, 5.74) is 0.123. The second-order valence-corrected chi connectivity index (χ2v) is 29.1. The maximum absolute atomic E-state index is 12.8. The van der Waals surface area contributed by atoms with Crippen molar-refractivity contribution in [3.63, 3.8) is 0 Å². The van der Waals surface area contributed by atoms with Gasteiger partial charge in [0.15, 0.2) is 11.2 Å². The molecular weight excluding hydrogens is 859 g/mol. The molecule has 3 aliphatic rings. The van der Waals surface area contributed by atoms with Crippen LogP contribution in [0.3, 0.4) is 0 Å². The smallest absolute Gasteiger partial charge is 0.335 e. The van der Waals surface area contributed by atoms with Crippen molar-refractivity contribution in [2.75, 3.05) is 19.8 Å². The third kappa shape index (κ3) is 9.98. The highest BCUT2D eigenvalue weighted by atomic mass is 32.5. The minimum Gasteiger partial charge on any atom is -0.474 e. The van der Waals surface area contributed by atoms with E-state index in [4.69, 9.17) is 47.6 Å². The van der Waals surface area contributed by atoms with Gasteiger partial charge in [-0.3, -0.25) is 9.36 Å². The molecule has 1 aliphatic heterocycles. The van der Waals surface area contributed by atoms with Gasteiger partial charge in [-0.25, -0.2) is 19.6 Å². The highest BCUT2D eigenvalue weighted by molar-refractivity contribution is 8.07. The Hall–Kier alpha value is -2.36. The van der Waals surface area contributed by atoms with Crippen LogP contribution >= 0.6 is 15.0 Å². The summed E-state index contributed by atoms with van der Waals surface area (Å²) >= 11 is 6.19. The number of ether oxygens (including phenoxy) is 1. The lowest BCUT2D eigenvalue weighted by Crippen LogP contribution is -2.65. The average molecular weight is 915 g/mol. The molecule has 0 radical (unpaired) electrons. The fraction of sp³-hybridized carbons (Fsp3) is 0.743. The number of aromatic amines is 1. The summed E-state index contributed by atoms with van der Waals surface area (Å²) in [6.45, 7) is 13.5. The maximum Gasteiger partial charge on any atom is 0.335 e. The second kappa shape index (κ2) is 19.4. The molecule has 0 aromatic carbocycles. The second-order valence-electron chi connectivity index (χ2n) is 16.6. The number of hydrogen-bond donors (Lipinski definition) is 2. The maximum atomic E-state index is 12.8. The van der Waals surface area contributed by atoms with Gasteiger partial charge >= 0.3 is 32.1 Å². The summed E-state index contributed by atoms with van der Waals surface area (Å²) in [5, 5.41) is 18.1. The predicted octanol–water partition coefficient (Wildman–Crippen LogP) is 6.00. The van der Waals surface area contributed by atoms with E-state index >= 15 is 0 Å². The van der Waals surface area contributed by atoms with Crippen molar-refractivity contribution in [3.8, 4) is 11.9 Å². The summed E-state index contributed by atoms with van der Waals surface area (Å²) in [5.74, 6) is -0.353. The quantitative estimate of drug-likeness (QED) is 0.0896. The lowest BCUT2D eigenvalue weighted by molar-refractivity contribution is -0.0256. The van der Waals surface area contributed by atoms with E-state index < -0.39 is 74.0 Å². The molecule has 1 saturated heterocycles. The van der Waals surface area contributed by atoms with E-state index in [-0.39, 0.29) is 65.3 Å². The van der Waals surface area contributed by atoms with Crippen molar-refractivity contribution >= 4 is 55.1 Å². The van der Waals surface area contributed by atoms with Crippen LogP contribution in [0.1, 0.15) is 87.1 Å². The molecule has 19 nitrogen and oxygen atoms in total. The molecule has 9 atom stereocenters. The summed E-state index contributed by atoms with van der Waals surface area (Å²) < 4.78 is 67.0. The van der Waals surface area contributed by atoms with Crippen molar-refractivity contribution in [2.45, 2.75) is 134 Å². The minimum atomic E-state index is -3.80. The predicted molar refractivity (Wildman–Crippen MR) is 223 cm³/mol. The highest BCUT2D eigenvalue weighted by Gasteiger charge is 2.62. The summed E-state index contributed by atoms with van der Waals surface area (Å²) in [6.07, 6.45) is 2.64. The van der Waals surface area contributed by atoms with Gasteiger partial charge < -0.3 is 45.7 Å². The first kappa shape index (κ1) is 46.2. The van der Waals surface area contributed by atoms with Gasteiger partial charge in [-0.05, 0) is 46.8 Å². The van der Waals surface area contributed by atoms with Crippen molar-refractivity contribution in [1.29, 1.82) is 5.26 Å². The average Bonchev–Trinajstić information content (AvgIpc) is 3.86. The van der Waals surface area contributed by atoms with E-state index in [2.05, 4.69) is 91.7 Å². The Bertz CT molecular complexity index is 2050. The van der Waals surface area contributed by atoms with Crippen LogP contribution in [-0.2, 0) is 47.4 Å². The van der Waals surface area contributed by atoms with Gasteiger partial charge in [0, 0.05) is 37.1 Å². The third-order valence-electron chi connectivity index (χ3n) is 11.5. The Morgan fingerprint density at radius 3 is 2.46 bits per heavy atom. The molecule has 3 fully saturated rings. The molecule has 0 spiro atoms. The first-order valence-corrected chi connectivity index (χ1v) is 27.9. The molecule has 3 aromatic rings. The zero-order chi connectivity index (χ0) is 42.7. The normalized spacial score (nSPS) is 28.4. The molecule has 0 amide bonds. The van der Waals surface area contributed by atoms with Crippen LogP contribution in [0.15, 0.2) is 29.7 Å². The van der Waals surface area contributed by atoms with Crippen LogP contribution in [0.2, 0.25) is 22.2 Å². The van der Waals surface area contributed by atoms with E-state index in [1.165, 1.54) is 12.7 Å². The van der Waals surface area contributed by atoms with Gasteiger partial charge in [-0.2, -0.15) is 5.26 Å². The monoisotopic (exact) mass is 914 g/mol. The molecule has 6 rings (SSSR count). The fourth-order valence-electron chi connectivity index (χ4n) is 8.66. The van der Waals surface area contributed by atoms with Crippen LogP contribution < -0.4 is 10.3 Å². The number of nitrogens with zero attached hydrogens (tertiary/aromatic N) is 7. The Morgan fingerprint density at radius 1 is 1.08 bits per heavy atom. The van der Waals surface area contributed by atoms with E-state index in [0.29, 0.717) is 25.3 Å². The van der Waals surface area contributed by atoms with Crippen LogP contribution in [0.5, 0.6) is 5.88 Å².